The van der Waals surface area contributed by atoms with E-state index < -0.39 is 11.8 Å². The van der Waals surface area contributed by atoms with Crippen molar-refractivity contribution in [2.24, 2.45) is 5.73 Å². The molecule has 0 aliphatic carbocycles. The van der Waals surface area contributed by atoms with Gasteiger partial charge in [0.1, 0.15) is 11.7 Å². The van der Waals surface area contributed by atoms with Gasteiger partial charge in [0, 0.05) is 21.2 Å². The molecule has 0 fully saturated rings. The number of ether oxygens (including phenoxy) is 1. The number of nitrogens with two attached hydrogens (primary N) is 1. The number of para-hydroxylation sites is 1. The number of primary amides is 1. The van der Waals surface area contributed by atoms with Gasteiger partial charge in [-0.2, -0.15) is 0 Å². The molecule has 0 saturated carbocycles. The number of halogens is 2. The Bertz CT molecular complexity index is 956. The largest absolute Gasteiger partial charge is 0.493 e. The number of hydrogen-bond acceptors (Lipinski definition) is 3. The molecule has 1 amide bonds. The van der Waals surface area contributed by atoms with Gasteiger partial charge < -0.3 is 10.5 Å². The number of carbonyl (C=O) groups excluding carboxylic acids is 1. The predicted molar refractivity (Wildman–Crippen MR) is 108 cm³/mol. The lowest BCUT2D eigenvalue weighted by Crippen LogP contribution is -2.24. The van der Waals surface area contributed by atoms with Crippen LogP contribution in [0, 0.1) is 0 Å². The van der Waals surface area contributed by atoms with Crippen LogP contribution in [0.25, 0.3) is 11.3 Å². The van der Waals surface area contributed by atoms with Crippen molar-refractivity contribution < 1.29 is 9.53 Å². The van der Waals surface area contributed by atoms with Gasteiger partial charge in [-0.1, -0.05) is 47.5 Å². The molecule has 4 nitrogen and oxygen atoms in total. The third kappa shape index (κ3) is 4.07. The van der Waals surface area contributed by atoms with Gasteiger partial charge in [0.05, 0.1) is 18.0 Å². The number of aromatic nitrogens is 1. The van der Waals surface area contributed by atoms with Gasteiger partial charge >= 0.3 is 0 Å². The van der Waals surface area contributed by atoms with Gasteiger partial charge in [0.25, 0.3) is 0 Å². The van der Waals surface area contributed by atoms with E-state index in [2.05, 4.69) is 4.98 Å². The van der Waals surface area contributed by atoms with Gasteiger partial charge in [-0.05, 0) is 43.3 Å². The maximum absolute atomic E-state index is 12.3. The zero-order chi connectivity index (χ0) is 19.4. The van der Waals surface area contributed by atoms with Gasteiger partial charge in [-0.15, -0.1) is 0 Å². The summed E-state index contributed by atoms with van der Waals surface area (Å²) in [7, 11) is 0. The standard InChI is InChI=1S/C21H18Cl2N2O2/c1-2-27-18-12-4-3-7-13(18)16-10-6-11-17(25-16)20(21(24)26)19-14(22)8-5-9-15(19)23/h3-12,20H,2H2,1H3,(H2,24,26). The maximum Gasteiger partial charge on any atom is 0.231 e. The summed E-state index contributed by atoms with van der Waals surface area (Å²) in [6.07, 6.45) is 0. The highest BCUT2D eigenvalue weighted by molar-refractivity contribution is 6.36. The molecule has 1 heterocycles. The Morgan fingerprint density at radius 1 is 1.04 bits per heavy atom. The highest BCUT2D eigenvalue weighted by Crippen LogP contribution is 2.36. The molecule has 138 valence electrons. The van der Waals surface area contributed by atoms with E-state index in [0.29, 0.717) is 33.6 Å². The van der Waals surface area contributed by atoms with Crippen molar-refractivity contribution in [3.63, 3.8) is 0 Å². The molecule has 0 saturated heterocycles. The molecule has 0 radical (unpaired) electrons. The molecule has 0 aliphatic rings. The summed E-state index contributed by atoms with van der Waals surface area (Å²) in [5.74, 6) is -0.714. The van der Waals surface area contributed by atoms with E-state index in [1.165, 1.54) is 0 Å². The van der Waals surface area contributed by atoms with Crippen LogP contribution in [0.15, 0.2) is 60.7 Å². The van der Waals surface area contributed by atoms with Crippen LogP contribution in [0.2, 0.25) is 10.0 Å². The first-order valence-electron chi connectivity index (χ1n) is 8.45. The minimum atomic E-state index is -0.856. The van der Waals surface area contributed by atoms with E-state index in [0.717, 1.165) is 11.3 Å². The third-order valence-electron chi connectivity index (χ3n) is 4.10. The quantitative estimate of drug-likeness (QED) is 0.627. The average molecular weight is 401 g/mol. The SMILES string of the molecule is CCOc1ccccc1-c1cccc(C(C(N)=O)c2c(Cl)cccc2Cl)n1. The Morgan fingerprint density at radius 2 is 1.70 bits per heavy atom. The van der Waals surface area contributed by atoms with Crippen molar-refractivity contribution in [2.75, 3.05) is 6.61 Å². The van der Waals surface area contributed by atoms with Crippen LogP contribution in [0.5, 0.6) is 5.75 Å². The molecule has 3 aromatic rings. The van der Waals surface area contributed by atoms with E-state index in [-0.39, 0.29) is 0 Å². The Labute approximate surface area is 167 Å². The second-order valence-corrected chi connectivity index (χ2v) is 6.66. The molecule has 2 N–H and O–H groups in total. The van der Waals surface area contributed by atoms with Crippen molar-refractivity contribution in [1.82, 2.24) is 4.98 Å². The molecule has 6 heteroatoms. The summed E-state index contributed by atoms with van der Waals surface area (Å²) in [6, 6.07) is 18.1. The highest BCUT2D eigenvalue weighted by atomic mass is 35.5. The molecule has 0 spiro atoms. The molecular formula is C21H18Cl2N2O2. The van der Waals surface area contributed by atoms with E-state index in [1.54, 1.807) is 24.3 Å². The minimum absolute atomic E-state index is 0.369. The van der Waals surface area contributed by atoms with Crippen molar-refractivity contribution in [3.8, 4) is 17.0 Å². The zero-order valence-corrected chi connectivity index (χ0v) is 16.2. The Kier molecular flexibility index (Phi) is 5.99. The van der Waals surface area contributed by atoms with Crippen LogP contribution < -0.4 is 10.5 Å². The minimum Gasteiger partial charge on any atom is -0.493 e. The van der Waals surface area contributed by atoms with Gasteiger partial charge in [-0.25, -0.2) is 0 Å². The van der Waals surface area contributed by atoms with E-state index in [1.807, 2.05) is 43.3 Å². The number of nitrogens with zero attached hydrogens (tertiary/aromatic N) is 1. The number of rotatable bonds is 6. The van der Waals surface area contributed by atoms with Crippen LogP contribution >= 0.6 is 23.2 Å². The van der Waals surface area contributed by atoms with Crippen LogP contribution in [-0.4, -0.2) is 17.5 Å². The first-order valence-corrected chi connectivity index (χ1v) is 9.21. The topological polar surface area (TPSA) is 65.2 Å². The predicted octanol–water partition coefficient (Wildman–Crippen LogP) is 5.07. The maximum atomic E-state index is 12.3. The first kappa shape index (κ1) is 19.2. The number of carbonyl (C=O) groups is 1. The summed E-state index contributed by atoms with van der Waals surface area (Å²) in [5.41, 5.74) is 8.11. The van der Waals surface area contributed by atoms with Gasteiger partial charge in [-0.3, -0.25) is 9.78 Å². The number of benzene rings is 2. The lowest BCUT2D eigenvalue weighted by Gasteiger charge is -2.18. The smallest absolute Gasteiger partial charge is 0.231 e. The summed E-state index contributed by atoms with van der Waals surface area (Å²) in [5, 5.41) is 0.737. The Balaban J connectivity index is 2.12. The second kappa shape index (κ2) is 8.42. The van der Waals surface area contributed by atoms with E-state index >= 15 is 0 Å². The molecule has 1 aromatic heterocycles. The molecule has 27 heavy (non-hydrogen) atoms. The number of pyridine rings is 1. The number of hydrogen-bond donors (Lipinski definition) is 1. The molecule has 3 rings (SSSR count). The van der Waals surface area contributed by atoms with Gasteiger partial charge in [0.2, 0.25) is 5.91 Å². The Morgan fingerprint density at radius 3 is 2.37 bits per heavy atom. The fourth-order valence-electron chi connectivity index (χ4n) is 2.94. The van der Waals surface area contributed by atoms with E-state index in [9.17, 15) is 4.79 Å². The fraction of sp³-hybridized carbons (Fsp3) is 0.143. The lowest BCUT2D eigenvalue weighted by molar-refractivity contribution is -0.118. The molecule has 1 atom stereocenters. The Hall–Kier alpha value is -2.56. The summed E-state index contributed by atoms with van der Waals surface area (Å²) < 4.78 is 5.69. The number of amides is 1. The van der Waals surface area contributed by atoms with Crippen LogP contribution in [0.4, 0.5) is 0 Å². The molecule has 0 bridgehead atoms. The van der Waals surface area contributed by atoms with Crippen molar-refractivity contribution >= 4 is 29.1 Å². The molecule has 2 aromatic carbocycles. The first-order chi connectivity index (χ1) is 13.0. The summed E-state index contributed by atoms with van der Waals surface area (Å²) >= 11 is 12.6. The molecular weight excluding hydrogens is 383 g/mol. The van der Waals surface area contributed by atoms with Crippen molar-refractivity contribution in [2.45, 2.75) is 12.8 Å². The fourth-order valence-corrected chi connectivity index (χ4v) is 3.56. The van der Waals surface area contributed by atoms with Gasteiger partial charge in [0.15, 0.2) is 0 Å². The summed E-state index contributed by atoms with van der Waals surface area (Å²) in [6.45, 7) is 2.46. The van der Waals surface area contributed by atoms with Crippen molar-refractivity contribution in [1.29, 1.82) is 0 Å². The molecule has 1 unspecified atom stereocenters. The normalized spacial score (nSPS) is 11.8. The lowest BCUT2D eigenvalue weighted by atomic mass is 9.93. The molecule has 0 aliphatic heterocycles. The third-order valence-corrected chi connectivity index (χ3v) is 4.76. The zero-order valence-electron chi connectivity index (χ0n) is 14.7. The highest BCUT2D eigenvalue weighted by Gasteiger charge is 2.27. The van der Waals surface area contributed by atoms with Crippen LogP contribution in [0.3, 0.4) is 0 Å². The monoisotopic (exact) mass is 400 g/mol. The second-order valence-electron chi connectivity index (χ2n) is 5.85. The van der Waals surface area contributed by atoms with Crippen molar-refractivity contribution in [3.05, 3.63) is 82.0 Å². The average Bonchev–Trinajstić information content (AvgIpc) is 2.65. The van der Waals surface area contributed by atoms with Crippen LogP contribution in [-0.2, 0) is 4.79 Å². The summed E-state index contributed by atoms with van der Waals surface area (Å²) in [4.78, 5) is 16.9. The van der Waals surface area contributed by atoms with E-state index in [4.69, 9.17) is 33.7 Å². The van der Waals surface area contributed by atoms with Crippen LogP contribution in [0.1, 0.15) is 24.1 Å².